The van der Waals surface area contributed by atoms with Gasteiger partial charge in [0.05, 0.1) is 12.7 Å². The molecule has 1 unspecified atom stereocenters. The van der Waals surface area contributed by atoms with E-state index in [0.717, 1.165) is 5.69 Å². The van der Waals surface area contributed by atoms with E-state index in [1.54, 1.807) is 6.92 Å². The third-order valence-corrected chi connectivity index (χ3v) is 2.22. The Morgan fingerprint density at radius 2 is 2.13 bits per heavy atom. The van der Waals surface area contributed by atoms with Crippen LogP contribution in [0.2, 0.25) is 0 Å². The normalized spacial score (nSPS) is 12.5. The van der Waals surface area contributed by atoms with Crippen molar-refractivity contribution in [3.8, 4) is 0 Å². The molecule has 0 amide bonds. The van der Waals surface area contributed by atoms with Gasteiger partial charge in [0.1, 0.15) is 0 Å². The second-order valence-corrected chi connectivity index (χ2v) is 3.86. The van der Waals surface area contributed by atoms with Crippen LogP contribution in [-0.2, 0) is 0 Å². The second kappa shape index (κ2) is 5.73. The standard InChI is InChI=1S/C12H19NO2/c1-10-4-3-5-12(8-10)13(6-7-14)9-11(2)15/h3-5,8,11,14-15H,6-7,9H2,1-2H3. The Morgan fingerprint density at radius 1 is 1.40 bits per heavy atom. The lowest BCUT2D eigenvalue weighted by molar-refractivity contribution is 0.197. The van der Waals surface area contributed by atoms with Gasteiger partial charge in [0.2, 0.25) is 0 Å². The predicted molar refractivity (Wildman–Crippen MR) is 62.2 cm³/mol. The molecular weight excluding hydrogens is 190 g/mol. The minimum atomic E-state index is -0.392. The van der Waals surface area contributed by atoms with Gasteiger partial charge in [-0.2, -0.15) is 0 Å². The molecule has 3 nitrogen and oxygen atoms in total. The molecule has 3 heteroatoms. The number of aliphatic hydroxyl groups is 2. The van der Waals surface area contributed by atoms with Crippen LogP contribution in [-0.4, -0.2) is 36.0 Å². The summed E-state index contributed by atoms with van der Waals surface area (Å²) in [5, 5.41) is 18.3. The summed E-state index contributed by atoms with van der Waals surface area (Å²) in [5.74, 6) is 0. The third-order valence-electron chi connectivity index (χ3n) is 2.22. The molecule has 1 rings (SSSR count). The Bertz CT molecular complexity index is 299. The molecule has 1 atom stereocenters. The molecule has 1 aromatic carbocycles. The van der Waals surface area contributed by atoms with Crippen LogP contribution in [0.4, 0.5) is 5.69 Å². The summed E-state index contributed by atoms with van der Waals surface area (Å²) in [7, 11) is 0. The van der Waals surface area contributed by atoms with E-state index in [1.165, 1.54) is 5.56 Å². The second-order valence-electron chi connectivity index (χ2n) is 3.86. The fraction of sp³-hybridized carbons (Fsp3) is 0.500. The van der Waals surface area contributed by atoms with Crippen LogP contribution in [0.5, 0.6) is 0 Å². The van der Waals surface area contributed by atoms with E-state index >= 15 is 0 Å². The van der Waals surface area contributed by atoms with Crippen molar-refractivity contribution in [3.63, 3.8) is 0 Å². The zero-order valence-corrected chi connectivity index (χ0v) is 9.35. The Kier molecular flexibility index (Phi) is 4.59. The average molecular weight is 209 g/mol. The number of aliphatic hydroxyl groups excluding tert-OH is 2. The van der Waals surface area contributed by atoms with Gasteiger partial charge in [0.25, 0.3) is 0 Å². The maximum Gasteiger partial charge on any atom is 0.0687 e. The Labute approximate surface area is 91.0 Å². The fourth-order valence-electron chi connectivity index (χ4n) is 1.59. The van der Waals surface area contributed by atoms with Gasteiger partial charge in [-0.25, -0.2) is 0 Å². The lowest BCUT2D eigenvalue weighted by Gasteiger charge is -2.25. The summed E-state index contributed by atoms with van der Waals surface area (Å²) in [5.41, 5.74) is 2.23. The van der Waals surface area contributed by atoms with E-state index in [2.05, 4.69) is 6.07 Å². The molecular formula is C12H19NO2. The summed E-state index contributed by atoms with van der Waals surface area (Å²) in [6, 6.07) is 8.06. The van der Waals surface area contributed by atoms with Crippen LogP contribution < -0.4 is 4.90 Å². The average Bonchev–Trinajstić information content (AvgIpc) is 2.16. The van der Waals surface area contributed by atoms with Crippen molar-refractivity contribution >= 4 is 5.69 Å². The van der Waals surface area contributed by atoms with Crippen LogP contribution >= 0.6 is 0 Å². The minimum Gasteiger partial charge on any atom is -0.395 e. The van der Waals surface area contributed by atoms with Crippen LogP contribution in [0, 0.1) is 6.92 Å². The SMILES string of the molecule is Cc1cccc(N(CCO)CC(C)O)c1. The van der Waals surface area contributed by atoms with Crippen molar-refractivity contribution < 1.29 is 10.2 Å². The van der Waals surface area contributed by atoms with E-state index in [-0.39, 0.29) is 6.61 Å². The van der Waals surface area contributed by atoms with Gasteiger partial charge in [0.15, 0.2) is 0 Å². The van der Waals surface area contributed by atoms with E-state index in [9.17, 15) is 5.11 Å². The lowest BCUT2D eigenvalue weighted by atomic mass is 10.2. The highest BCUT2D eigenvalue weighted by Crippen LogP contribution is 2.15. The van der Waals surface area contributed by atoms with Gasteiger partial charge in [0, 0.05) is 18.8 Å². The zero-order valence-electron chi connectivity index (χ0n) is 9.35. The van der Waals surface area contributed by atoms with Gasteiger partial charge >= 0.3 is 0 Å². The molecule has 0 saturated heterocycles. The third kappa shape index (κ3) is 3.90. The maximum atomic E-state index is 9.36. The van der Waals surface area contributed by atoms with E-state index < -0.39 is 6.10 Å². The molecule has 0 aliphatic rings. The summed E-state index contributed by atoms with van der Waals surface area (Å²) >= 11 is 0. The van der Waals surface area contributed by atoms with Gasteiger partial charge < -0.3 is 15.1 Å². The molecule has 0 bridgehead atoms. The van der Waals surface area contributed by atoms with Crippen molar-refractivity contribution in [3.05, 3.63) is 29.8 Å². The highest BCUT2D eigenvalue weighted by molar-refractivity contribution is 5.48. The first kappa shape index (κ1) is 12.0. The van der Waals surface area contributed by atoms with Gasteiger partial charge in [-0.15, -0.1) is 0 Å². The number of benzene rings is 1. The Balaban J connectivity index is 2.78. The lowest BCUT2D eigenvalue weighted by Crippen LogP contribution is -2.33. The Hall–Kier alpha value is -1.06. The summed E-state index contributed by atoms with van der Waals surface area (Å²) < 4.78 is 0. The molecule has 0 heterocycles. The monoisotopic (exact) mass is 209 g/mol. The van der Waals surface area contributed by atoms with Gasteiger partial charge in [-0.1, -0.05) is 12.1 Å². The topological polar surface area (TPSA) is 43.7 Å². The number of hydrogen-bond acceptors (Lipinski definition) is 3. The molecule has 0 fully saturated rings. The predicted octanol–water partition coefficient (Wildman–Crippen LogP) is 1.17. The number of aryl methyl sites for hydroxylation is 1. The molecule has 0 aliphatic carbocycles. The summed E-state index contributed by atoms with van der Waals surface area (Å²) in [4.78, 5) is 1.98. The van der Waals surface area contributed by atoms with Gasteiger partial charge in [-0.3, -0.25) is 0 Å². The molecule has 0 radical (unpaired) electrons. The number of anilines is 1. The highest BCUT2D eigenvalue weighted by Gasteiger charge is 2.08. The molecule has 15 heavy (non-hydrogen) atoms. The van der Waals surface area contributed by atoms with E-state index in [4.69, 9.17) is 5.11 Å². The maximum absolute atomic E-state index is 9.36. The van der Waals surface area contributed by atoms with Crippen LogP contribution in [0.3, 0.4) is 0 Å². The van der Waals surface area contributed by atoms with E-state index in [1.807, 2.05) is 30.0 Å². The summed E-state index contributed by atoms with van der Waals surface area (Å²) in [6.07, 6.45) is -0.392. The van der Waals surface area contributed by atoms with E-state index in [0.29, 0.717) is 13.1 Å². The van der Waals surface area contributed by atoms with Crippen molar-refractivity contribution in [2.75, 3.05) is 24.6 Å². The number of rotatable bonds is 5. The first-order valence-corrected chi connectivity index (χ1v) is 5.24. The molecule has 1 aromatic rings. The molecule has 0 saturated carbocycles. The van der Waals surface area contributed by atoms with Crippen LogP contribution in [0.15, 0.2) is 24.3 Å². The molecule has 0 aliphatic heterocycles. The quantitative estimate of drug-likeness (QED) is 0.765. The molecule has 0 spiro atoms. The smallest absolute Gasteiger partial charge is 0.0687 e. The van der Waals surface area contributed by atoms with Gasteiger partial charge in [-0.05, 0) is 31.5 Å². The highest BCUT2D eigenvalue weighted by atomic mass is 16.3. The first-order chi connectivity index (χ1) is 7.13. The van der Waals surface area contributed by atoms with Crippen LogP contribution in [0.25, 0.3) is 0 Å². The van der Waals surface area contributed by atoms with Crippen molar-refractivity contribution in [1.29, 1.82) is 0 Å². The minimum absolute atomic E-state index is 0.0979. The Morgan fingerprint density at radius 3 is 2.67 bits per heavy atom. The van der Waals surface area contributed by atoms with Crippen molar-refractivity contribution in [1.82, 2.24) is 0 Å². The van der Waals surface area contributed by atoms with Crippen molar-refractivity contribution in [2.45, 2.75) is 20.0 Å². The molecule has 84 valence electrons. The first-order valence-electron chi connectivity index (χ1n) is 5.24. The van der Waals surface area contributed by atoms with Crippen LogP contribution in [0.1, 0.15) is 12.5 Å². The molecule has 2 N–H and O–H groups in total. The molecule has 0 aromatic heterocycles. The summed E-state index contributed by atoms with van der Waals surface area (Å²) in [6.45, 7) is 4.97. The number of nitrogens with zero attached hydrogens (tertiary/aromatic N) is 1. The zero-order chi connectivity index (χ0) is 11.3. The fourth-order valence-corrected chi connectivity index (χ4v) is 1.59. The largest absolute Gasteiger partial charge is 0.395 e. The number of hydrogen-bond donors (Lipinski definition) is 2. The van der Waals surface area contributed by atoms with Crippen molar-refractivity contribution in [2.24, 2.45) is 0 Å².